The molecule has 1 atom stereocenters. The molecule has 1 fully saturated rings. The zero-order valence-electron chi connectivity index (χ0n) is 15.7. The second kappa shape index (κ2) is 7.97. The van der Waals surface area contributed by atoms with Crippen molar-refractivity contribution in [2.75, 3.05) is 44.7 Å². The number of carbonyl (C=O) groups is 2. The van der Waals surface area contributed by atoms with Gasteiger partial charge >= 0.3 is 6.09 Å². The molecule has 154 valence electrons. The smallest absolute Gasteiger partial charge is 0.407 e. The van der Waals surface area contributed by atoms with Crippen LogP contribution < -0.4 is 9.62 Å². The lowest BCUT2D eigenvalue weighted by Gasteiger charge is -2.38. The van der Waals surface area contributed by atoms with Gasteiger partial charge in [-0.15, -0.1) is 0 Å². The van der Waals surface area contributed by atoms with E-state index in [-0.39, 0.29) is 23.4 Å². The van der Waals surface area contributed by atoms with Gasteiger partial charge in [0.25, 0.3) is 0 Å². The highest BCUT2D eigenvalue weighted by atomic mass is 79.9. The number of benzene rings is 1. The van der Waals surface area contributed by atoms with E-state index in [1.807, 2.05) is 11.8 Å². The maximum atomic E-state index is 12.9. The summed E-state index contributed by atoms with van der Waals surface area (Å²) in [6, 6.07) is 3.09. The Hall–Kier alpha value is -1.69. The van der Waals surface area contributed by atoms with E-state index in [2.05, 4.69) is 20.7 Å². The molecule has 2 heterocycles. The normalized spacial score (nSPS) is 20.3. The summed E-state index contributed by atoms with van der Waals surface area (Å²) in [6.45, 7) is 3.82. The number of carbonyl (C=O) groups excluding carboxylic acids is 1. The van der Waals surface area contributed by atoms with E-state index < -0.39 is 16.1 Å². The average Bonchev–Trinajstić information content (AvgIpc) is 3.03. The van der Waals surface area contributed by atoms with E-state index in [1.165, 1.54) is 18.0 Å². The third kappa shape index (κ3) is 4.02. The molecule has 1 aromatic rings. The van der Waals surface area contributed by atoms with Gasteiger partial charge in [0.15, 0.2) is 0 Å². The van der Waals surface area contributed by atoms with Crippen LogP contribution in [0.2, 0.25) is 0 Å². The van der Waals surface area contributed by atoms with Gasteiger partial charge in [-0.3, -0.25) is 9.69 Å². The zero-order valence-corrected chi connectivity index (χ0v) is 18.1. The Morgan fingerprint density at radius 3 is 2.61 bits per heavy atom. The summed E-state index contributed by atoms with van der Waals surface area (Å²) < 4.78 is 27.2. The minimum Gasteiger partial charge on any atom is -0.465 e. The van der Waals surface area contributed by atoms with Crippen LogP contribution in [0.4, 0.5) is 10.5 Å². The van der Waals surface area contributed by atoms with Gasteiger partial charge in [-0.1, -0.05) is 0 Å². The number of nitrogens with one attached hydrogen (secondary N) is 1. The van der Waals surface area contributed by atoms with Crippen molar-refractivity contribution in [2.45, 2.75) is 24.3 Å². The number of hydrogen-bond donors (Lipinski definition) is 2. The van der Waals surface area contributed by atoms with Crippen LogP contribution >= 0.6 is 15.9 Å². The van der Waals surface area contributed by atoms with Gasteiger partial charge in [-0.2, -0.15) is 0 Å². The Morgan fingerprint density at radius 1 is 1.29 bits per heavy atom. The van der Waals surface area contributed by atoms with E-state index in [1.54, 1.807) is 11.0 Å². The van der Waals surface area contributed by atoms with Crippen molar-refractivity contribution in [2.24, 2.45) is 0 Å². The van der Waals surface area contributed by atoms with E-state index in [9.17, 15) is 18.0 Å². The number of rotatable bonds is 4. The summed E-state index contributed by atoms with van der Waals surface area (Å²) in [5.41, 5.74) is 1.53. The first-order valence-corrected chi connectivity index (χ1v) is 11.2. The van der Waals surface area contributed by atoms with Crippen molar-refractivity contribution in [1.82, 2.24) is 14.5 Å². The number of halogens is 1. The number of nitrogens with zero attached hydrogens (tertiary/aromatic N) is 3. The molecule has 3 rings (SSSR count). The lowest BCUT2D eigenvalue weighted by Crippen LogP contribution is -2.55. The van der Waals surface area contributed by atoms with Crippen LogP contribution in [0.3, 0.4) is 0 Å². The van der Waals surface area contributed by atoms with E-state index in [0.29, 0.717) is 42.8 Å². The second-order valence-corrected chi connectivity index (χ2v) is 9.68. The molecule has 2 aliphatic heterocycles. The Morgan fingerprint density at radius 2 is 2.00 bits per heavy atom. The molecule has 11 heteroatoms. The first-order chi connectivity index (χ1) is 13.1. The van der Waals surface area contributed by atoms with Crippen LogP contribution in [-0.2, 0) is 21.2 Å². The van der Waals surface area contributed by atoms with E-state index in [0.717, 1.165) is 5.56 Å². The van der Waals surface area contributed by atoms with Gasteiger partial charge in [-0.05, 0) is 54.0 Å². The zero-order chi connectivity index (χ0) is 20.6. The average molecular weight is 475 g/mol. The number of amides is 2. The first kappa shape index (κ1) is 21.0. The molecule has 2 N–H and O–H groups in total. The molecule has 28 heavy (non-hydrogen) atoms. The standard InChI is InChI=1S/C17H23BrN4O5S/c1-11-9-20(5-6-21(11)17(24)25)10-16(23)22-4-3-12-7-13(18)15(8-14(12)22)28(26,27)19-2/h7-8,11,19H,3-6,9-10H2,1-2H3,(H,24,25)/t11-/m1/s1. The van der Waals surface area contributed by atoms with Crippen LogP contribution in [0.5, 0.6) is 0 Å². The molecule has 9 nitrogen and oxygen atoms in total. The first-order valence-electron chi connectivity index (χ1n) is 8.92. The van der Waals surface area contributed by atoms with E-state index >= 15 is 0 Å². The third-order valence-corrected chi connectivity index (χ3v) is 7.58. The van der Waals surface area contributed by atoms with Gasteiger partial charge in [0.2, 0.25) is 15.9 Å². The molecule has 0 bridgehead atoms. The summed E-state index contributed by atoms with van der Waals surface area (Å²) >= 11 is 3.30. The van der Waals surface area contributed by atoms with Crippen molar-refractivity contribution >= 4 is 43.6 Å². The minimum atomic E-state index is -3.65. The fourth-order valence-electron chi connectivity index (χ4n) is 3.70. The fraction of sp³-hybridized carbons (Fsp3) is 0.529. The molecule has 2 amide bonds. The lowest BCUT2D eigenvalue weighted by atomic mass is 10.2. The van der Waals surface area contributed by atoms with Crippen LogP contribution in [0.1, 0.15) is 12.5 Å². The largest absolute Gasteiger partial charge is 0.465 e. The van der Waals surface area contributed by atoms with Gasteiger partial charge < -0.3 is 14.9 Å². The Labute approximate surface area is 172 Å². The fourth-order valence-corrected chi connectivity index (χ4v) is 5.53. The SMILES string of the molecule is CNS(=O)(=O)c1cc2c(cc1Br)CCN2C(=O)CN1CCN(C(=O)O)[C@H](C)C1. The van der Waals surface area contributed by atoms with Crippen LogP contribution in [0.15, 0.2) is 21.5 Å². The molecule has 1 aromatic carbocycles. The van der Waals surface area contributed by atoms with Gasteiger partial charge in [0, 0.05) is 42.4 Å². The topological polar surface area (TPSA) is 110 Å². The highest BCUT2D eigenvalue weighted by Gasteiger charge is 2.32. The van der Waals surface area contributed by atoms with Crippen LogP contribution in [0, 0.1) is 0 Å². The van der Waals surface area contributed by atoms with Gasteiger partial charge in [0.1, 0.15) is 0 Å². The summed E-state index contributed by atoms with van der Waals surface area (Å²) in [7, 11) is -2.31. The maximum absolute atomic E-state index is 12.9. The Bertz CT molecular complexity index is 907. The predicted octanol–water partition coefficient (Wildman–Crippen LogP) is 0.930. The molecule has 1 saturated heterocycles. The second-order valence-electron chi connectivity index (χ2n) is 6.97. The molecule has 0 aliphatic carbocycles. The summed E-state index contributed by atoms with van der Waals surface area (Å²) in [6.07, 6.45) is -0.293. The molecular formula is C17H23BrN4O5S. The van der Waals surface area contributed by atoms with Crippen molar-refractivity contribution in [3.63, 3.8) is 0 Å². The number of fused-ring (bicyclic) bond motifs is 1. The van der Waals surface area contributed by atoms with Gasteiger partial charge in [-0.25, -0.2) is 17.9 Å². The van der Waals surface area contributed by atoms with Crippen molar-refractivity contribution in [3.8, 4) is 0 Å². The molecule has 0 aromatic heterocycles. The van der Waals surface area contributed by atoms with Crippen LogP contribution in [-0.4, -0.2) is 81.1 Å². The molecule has 0 unspecified atom stereocenters. The highest BCUT2D eigenvalue weighted by molar-refractivity contribution is 9.10. The molecule has 0 saturated carbocycles. The molecular weight excluding hydrogens is 452 g/mol. The maximum Gasteiger partial charge on any atom is 0.407 e. The predicted molar refractivity (Wildman–Crippen MR) is 107 cm³/mol. The van der Waals surface area contributed by atoms with Crippen molar-refractivity contribution in [3.05, 3.63) is 22.2 Å². The molecule has 2 aliphatic rings. The number of piperazine rings is 1. The monoisotopic (exact) mass is 474 g/mol. The molecule has 0 spiro atoms. The third-order valence-electron chi connectivity index (χ3n) is 5.20. The minimum absolute atomic E-state index is 0.0946. The quantitative estimate of drug-likeness (QED) is 0.671. The van der Waals surface area contributed by atoms with E-state index in [4.69, 9.17) is 5.11 Å². The summed E-state index contributed by atoms with van der Waals surface area (Å²) in [5.74, 6) is -0.121. The molecule has 0 radical (unpaired) electrons. The lowest BCUT2D eigenvalue weighted by molar-refractivity contribution is -0.120. The summed E-state index contributed by atoms with van der Waals surface area (Å²) in [4.78, 5) is 29.1. The number of hydrogen-bond acceptors (Lipinski definition) is 5. The number of anilines is 1. The number of carboxylic acid groups (broad SMARTS) is 1. The summed E-state index contributed by atoms with van der Waals surface area (Å²) in [5, 5.41) is 9.17. The Balaban J connectivity index is 1.76. The highest BCUT2D eigenvalue weighted by Crippen LogP contribution is 2.35. The van der Waals surface area contributed by atoms with Gasteiger partial charge in [0.05, 0.1) is 11.4 Å². The Kier molecular flexibility index (Phi) is 5.99. The number of sulfonamides is 1. The van der Waals surface area contributed by atoms with Crippen molar-refractivity contribution < 1.29 is 23.1 Å². The van der Waals surface area contributed by atoms with Crippen LogP contribution in [0.25, 0.3) is 0 Å². The van der Waals surface area contributed by atoms with Crippen molar-refractivity contribution in [1.29, 1.82) is 0 Å².